The van der Waals surface area contributed by atoms with E-state index in [-0.39, 0.29) is 11.8 Å². The predicted molar refractivity (Wildman–Crippen MR) is 125 cm³/mol. The Morgan fingerprint density at radius 2 is 1.58 bits per heavy atom. The van der Waals surface area contributed by atoms with Gasteiger partial charge in [0, 0.05) is 44.1 Å². The molecule has 0 atom stereocenters. The van der Waals surface area contributed by atoms with Crippen molar-refractivity contribution in [3.8, 4) is 0 Å². The summed E-state index contributed by atoms with van der Waals surface area (Å²) in [6.07, 6.45) is 2.18. The Morgan fingerprint density at radius 1 is 0.871 bits per heavy atom. The quantitative estimate of drug-likeness (QED) is 0.808. The van der Waals surface area contributed by atoms with Crippen LogP contribution < -0.4 is 10.2 Å². The van der Waals surface area contributed by atoms with Gasteiger partial charge in [-0.05, 0) is 49.4 Å². The third kappa shape index (κ3) is 5.07. The summed E-state index contributed by atoms with van der Waals surface area (Å²) in [6, 6.07) is 14.4. The monoisotopic (exact) mass is 420 g/mol. The number of carbonyl (C=O) groups is 2. The van der Waals surface area contributed by atoms with Crippen molar-refractivity contribution >= 4 is 23.2 Å². The second-order valence-corrected chi connectivity index (χ2v) is 8.63. The number of amides is 2. The second-order valence-electron chi connectivity index (χ2n) is 8.63. The lowest BCUT2D eigenvalue weighted by Gasteiger charge is -2.37. The molecule has 1 fully saturated rings. The van der Waals surface area contributed by atoms with E-state index in [1.54, 1.807) is 0 Å². The molecule has 31 heavy (non-hydrogen) atoms. The van der Waals surface area contributed by atoms with Crippen LogP contribution in [0, 0.1) is 13.8 Å². The molecule has 0 unspecified atom stereocenters. The molecule has 1 saturated heterocycles. The fraction of sp³-hybridized carbons (Fsp3) is 0.440. The Kier molecular flexibility index (Phi) is 6.56. The lowest BCUT2D eigenvalue weighted by molar-refractivity contribution is -0.131. The molecule has 2 aromatic carbocycles. The van der Waals surface area contributed by atoms with Gasteiger partial charge >= 0.3 is 0 Å². The van der Waals surface area contributed by atoms with E-state index in [4.69, 9.17) is 0 Å². The molecule has 0 saturated carbocycles. The molecule has 2 aliphatic rings. The first-order valence-electron chi connectivity index (χ1n) is 11.2. The minimum Gasteiger partial charge on any atom is -0.362 e. The zero-order valence-corrected chi connectivity index (χ0v) is 18.6. The molecule has 2 aromatic rings. The Labute approximate surface area is 184 Å². The summed E-state index contributed by atoms with van der Waals surface area (Å²) >= 11 is 0. The molecule has 6 heteroatoms. The zero-order chi connectivity index (χ0) is 21.8. The maximum atomic E-state index is 12.9. The Bertz CT molecular complexity index is 930. The highest BCUT2D eigenvalue weighted by Gasteiger charge is 2.25. The largest absolute Gasteiger partial charge is 0.362 e. The SMILES string of the molecule is Cc1cccc(C)c1NC(=O)CN1CCN(C(=O)CN2CCCc3ccccc32)CC1. The normalized spacial score (nSPS) is 16.7. The maximum Gasteiger partial charge on any atom is 0.242 e. The van der Waals surface area contributed by atoms with Crippen molar-refractivity contribution in [3.63, 3.8) is 0 Å². The molecule has 2 heterocycles. The molecule has 2 amide bonds. The molecule has 0 spiro atoms. The smallest absolute Gasteiger partial charge is 0.242 e. The number of rotatable bonds is 5. The van der Waals surface area contributed by atoms with Crippen LogP contribution in [0.1, 0.15) is 23.1 Å². The van der Waals surface area contributed by atoms with Crippen LogP contribution >= 0.6 is 0 Å². The average molecular weight is 421 g/mol. The highest BCUT2D eigenvalue weighted by Crippen LogP contribution is 2.26. The van der Waals surface area contributed by atoms with Crippen LogP contribution in [0.3, 0.4) is 0 Å². The number of anilines is 2. The average Bonchev–Trinajstić information content (AvgIpc) is 2.77. The minimum absolute atomic E-state index is 0.00194. The van der Waals surface area contributed by atoms with Gasteiger partial charge in [-0.2, -0.15) is 0 Å². The highest BCUT2D eigenvalue weighted by molar-refractivity contribution is 5.93. The fourth-order valence-electron chi connectivity index (χ4n) is 4.59. The molecule has 0 bridgehead atoms. The molecule has 0 aliphatic carbocycles. The van der Waals surface area contributed by atoms with Gasteiger partial charge in [-0.15, -0.1) is 0 Å². The number of carbonyl (C=O) groups excluding carboxylic acids is 2. The van der Waals surface area contributed by atoms with E-state index in [0.29, 0.717) is 26.2 Å². The number of nitrogens with zero attached hydrogens (tertiary/aromatic N) is 3. The number of piperazine rings is 1. The summed E-state index contributed by atoms with van der Waals surface area (Å²) < 4.78 is 0. The first-order chi connectivity index (χ1) is 15.0. The lowest BCUT2D eigenvalue weighted by Crippen LogP contribution is -2.52. The van der Waals surface area contributed by atoms with E-state index in [1.807, 2.05) is 43.0 Å². The standard InChI is InChI=1S/C25H32N4O2/c1-19-7-5-8-20(2)25(19)26-23(30)17-27-13-15-28(16-14-27)24(31)18-29-12-6-10-21-9-3-4-11-22(21)29/h3-5,7-9,11H,6,10,12-18H2,1-2H3,(H,26,30). The molecule has 0 radical (unpaired) electrons. The molecule has 2 aliphatic heterocycles. The fourth-order valence-corrected chi connectivity index (χ4v) is 4.59. The zero-order valence-electron chi connectivity index (χ0n) is 18.6. The first-order valence-corrected chi connectivity index (χ1v) is 11.2. The van der Waals surface area contributed by atoms with Crippen LogP contribution in [0.25, 0.3) is 0 Å². The topological polar surface area (TPSA) is 55.9 Å². The van der Waals surface area contributed by atoms with E-state index in [9.17, 15) is 9.59 Å². The first kappa shape index (κ1) is 21.4. The summed E-state index contributed by atoms with van der Waals surface area (Å²) in [5.41, 5.74) is 5.58. The van der Waals surface area contributed by atoms with E-state index < -0.39 is 0 Å². The van der Waals surface area contributed by atoms with Crippen molar-refractivity contribution in [2.24, 2.45) is 0 Å². The van der Waals surface area contributed by atoms with Gasteiger partial charge < -0.3 is 15.1 Å². The van der Waals surface area contributed by atoms with E-state index in [1.165, 1.54) is 11.3 Å². The highest BCUT2D eigenvalue weighted by atomic mass is 16.2. The third-order valence-corrected chi connectivity index (χ3v) is 6.37. The second kappa shape index (κ2) is 9.52. The van der Waals surface area contributed by atoms with E-state index >= 15 is 0 Å². The van der Waals surface area contributed by atoms with Crippen LogP contribution in [0.2, 0.25) is 0 Å². The van der Waals surface area contributed by atoms with Crippen LogP contribution in [0.4, 0.5) is 11.4 Å². The molecule has 4 rings (SSSR count). The molecular formula is C25H32N4O2. The number of hydrogen-bond acceptors (Lipinski definition) is 4. The van der Waals surface area contributed by atoms with E-state index in [2.05, 4.69) is 33.3 Å². The number of nitrogens with one attached hydrogen (secondary N) is 1. The maximum absolute atomic E-state index is 12.9. The van der Waals surface area contributed by atoms with Gasteiger partial charge in [0.2, 0.25) is 11.8 Å². The number of benzene rings is 2. The summed E-state index contributed by atoms with van der Waals surface area (Å²) in [5, 5.41) is 3.06. The third-order valence-electron chi connectivity index (χ3n) is 6.37. The van der Waals surface area contributed by atoms with Gasteiger partial charge in [-0.25, -0.2) is 0 Å². The van der Waals surface area contributed by atoms with Crippen LogP contribution in [-0.2, 0) is 16.0 Å². The van der Waals surface area contributed by atoms with Gasteiger partial charge in [0.1, 0.15) is 0 Å². The molecule has 164 valence electrons. The van der Waals surface area contributed by atoms with Crippen molar-refractivity contribution in [2.45, 2.75) is 26.7 Å². The predicted octanol–water partition coefficient (Wildman–Crippen LogP) is 2.84. The summed E-state index contributed by atoms with van der Waals surface area (Å²) in [4.78, 5) is 31.7. The Morgan fingerprint density at radius 3 is 2.32 bits per heavy atom. The van der Waals surface area contributed by atoms with Crippen LogP contribution in [-0.4, -0.2) is 67.4 Å². The Balaban J connectivity index is 1.26. The van der Waals surface area contributed by atoms with Gasteiger partial charge in [0.25, 0.3) is 0 Å². The van der Waals surface area contributed by atoms with Gasteiger partial charge in [0.05, 0.1) is 13.1 Å². The number of aryl methyl sites for hydroxylation is 3. The van der Waals surface area contributed by atoms with Crippen molar-refractivity contribution in [1.29, 1.82) is 0 Å². The summed E-state index contributed by atoms with van der Waals surface area (Å²) in [6.45, 7) is 8.53. The minimum atomic E-state index is 0.00194. The van der Waals surface area contributed by atoms with Crippen LogP contribution in [0.15, 0.2) is 42.5 Å². The Hall–Kier alpha value is -2.86. The molecule has 6 nitrogen and oxygen atoms in total. The molecular weight excluding hydrogens is 388 g/mol. The van der Waals surface area contributed by atoms with Crippen LogP contribution in [0.5, 0.6) is 0 Å². The van der Waals surface area contributed by atoms with Crippen molar-refractivity contribution in [1.82, 2.24) is 9.80 Å². The summed E-state index contributed by atoms with van der Waals surface area (Å²) in [7, 11) is 0. The molecule has 0 aromatic heterocycles. The molecule has 1 N–H and O–H groups in total. The van der Waals surface area contributed by atoms with Gasteiger partial charge in [-0.1, -0.05) is 36.4 Å². The number of fused-ring (bicyclic) bond motifs is 1. The van der Waals surface area contributed by atoms with E-state index in [0.717, 1.165) is 49.3 Å². The van der Waals surface area contributed by atoms with Gasteiger partial charge in [-0.3, -0.25) is 14.5 Å². The number of hydrogen-bond donors (Lipinski definition) is 1. The summed E-state index contributed by atoms with van der Waals surface area (Å²) in [5.74, 6) is 0.179. The van der Waals surface area contributed by atoms with Crippen molar-refractivity contribution in [3.05, 3.63) is 59.2 Å². The van der Waals surface area contributed by atoms with Gasteiger partial charge in [0.15, 0.2) is 0 Å². The number of para-hydroxylation sites is 2. The van der Waals surface area contributed by atoms with Crippen molar-refractivity contribution in [2.75, 3.05) is 56.0 Å². The van der Waals surface area contributed by atoms with Crippen molar-refractivity contribution < 1.29 is 9.59 Å². The lowest BCUT2D eigenvalue weighted by atomic mass is 10.0.